The van der Waals surface area contributed by atoms with E-state index in [1.165, 1.54) is 34.9 Å². The van der Waals surface area contributed by atoms with Crippen molar-refractivity contribution in [2.75, 3.05) is 4.90 Å². The van der Waals surface area contributed by atoms with Crippen molar-refractivity contribution in [3.63, 3.8) is 0 Å². The number of carbonyl (C=O) groups excluding carboxylic acids is 2. The number of aliphatic hydroxyl groups excluding tert-OH is 1. The molecule has 0 aliphatic carbocycles. The Bertz CT molecular complexity index is 1910. The number of hydrogen-bond donors (Lipinski definition) is 1. The number of para-hydroxylation sites is 1. The summed E-state index contributed by atoms with van der Waals surface area (Å²) in [5, 5.41) is 19.8. The highest BCUT2D eigenvalue weighted by Crippen LogP contribution is 2.45. The van der Waals surface area contributed by atoms with Crippen LogP contribution in [0.1, 0.15) is 28.3 Å². The standard InChI is InChI=1S/C33H23F2N3O4S2/c1-19-14-15-21(17-26(19)35)29(39)27-28(20-9-7-12-24(16-20)42-23-10-3-2-4-11-23)38(31(41)30(27)40)32-36-37-33(44-32)43-18-22-8-5-6-13-25(22)34/h2-17,28,39H,18H2,1H3. The zero-order valence-corrected chi connectivity index (χ0v) is 24.7. The Labute approximate surface area is 259 Å². The minimum Gasteiger partial charge on any atom is -0.507 e. The second-order valence-corrected chi connectivity index (χ2v) is 12.0. The molecule has 2 heterocycles. The number of hydrogen-bond acceptors (Lipinski definition) is 8. The molecular formula is C33H23F2N3O4S2. The summed E-state index contributed by atoms with van der Waals surface area (Å²) in [6.45, 7) is 1.58. The quantitative estimate of drug-likeness (QED) is 0.0616. The monoisotopic (exact) mass is 627 g/mol. The normalized spacial score (nSPS) is 16.0. The number of amides is 1. The Kier molecular flexibility index (Phi) is 8.23. The number of anilines is 1. The second kappa shape index (κ2) is 12.4. The first-order valence-corrected chi connectivity index (χ1v) is 15.2. The maximum atomic E-state index is 14.5. The Morgan fingerprint density at radius 3 is 2.43 bits per heavy atom. The molecule has 1 aliphatic rings. The summed E-state index contributed by atoms with van der Waals surface area (Å²) >= 11 is 2.29. The van der Waals surface area contributed by atoms with E-state index in [2.05, 4.69) is 10.2 Å². The predicted octanol–water partition coefficient (Wildman–Crippen LogP) is 7.84. The average molecular weight is 628 g/mol. The van der Waals surface area contributed by atoms with E-state index in [9.17, 15) is 23.5 Å². The summed E-state index contributed by atoms with van der Waals surface area (Å²) in [5.74, 6) is -2.05. The highest BCUT2D eigenvalue weighted by atomic mass is 32.2. The number of aliphatic hydroxyl groups is 1. The number of halogens is 2. The number of aromatic nitrogens is 2. The molecule has 220 valence electrons. The van der Waals surface area contributed by atoms with Crippen molar-refractivity contribution in [1.29, 1.82) is 0 Å². The second-order valence-electron chi connectivity index (χ2n) is 9.85. The van der Waals surface area contributed by atoms with Gasteiger partial charge in [-0.15, -0.1) is 10.2 Å². The van der Waals surface area contributed by atoms with E-state index in [4.69, 9.17) is 4.74 Å². The van der Waals surface area contributed by atoms with Crippen LogP contribution in [0.2, 0.25) is 0 Å². The zero-order valence-electron chi connectivity index (χ0n) is 23.1. The number of nitrogens with zero attached hydrogens (tertiary/aromatic N) is 3. The number of ether oxygens (including phenoxy) is 1. The molecular weight excluding hydrogens is 605 g/mol. The van der Waals surface area contributed by atoms with E-state index in [0.29, 0.717) is 32.5 Å². The lowest BCUT2D eigenvalue weighted by Gasteiger charge is -2.23. The molecule has 0 spiro atoms. The van der Waals surface area contributed by atoms with Crippen molar-refractivity contribution in [1.82, 2.24) is 10.2 Å². The van der Waals surface area contributed by atoms with Gasteiger partial charge in [-0.05, 0) is 60.0 Å². The molecule has 6 rings (SSSR count). The molecule has 44 heavy (non-hydrogen) atoms. The molecule has 4 aromatic carbocycles. The van der Waals surface area contributed by atoms with E-state index in [1.54, 1.807) is 61.5 Å². The van der Waals surface area contributed by atoms with Crippen molar-refractivity contribution in [3.05, 3.63) is 137 Å². The first-order valence-electron chi connectivity index (χ1n) is 13.4. The molecule has 1 fully saturated rings. The maximum absolute atomic E-state index is 14.5. The van der Waals surface area contributed by atoms with Crippen molar-refractivity contribution in [2.45, 2.75) is 23.1 Å². The molecule has 0 saturated carbocycles. The van der Waals surface area contributed by atoms with Gasteiger partial charge in [-0.2, -0.15) is 0 Å². The lowest BCUT2D eigenvalue weighted by atomic mass is 9.95. The zero-order chi connectivity index (χ0) is 30.8. The molecule has 1 N–H and O–H groups in total. The van der Waals surface area contributed by atoms with Crippen LogP contribution in [0.3, 0.4) is 0 Å². The third-order valence-electron chi connectivity index (χ3n) is 6.95. The van der Waals surface area contributed by atoms with Crippen molar-refractivity contribution < 1.29 is 28.2 Å². The summed E-state index contributed by atoms with van der Waals surface area (Å²) in [5.41, 5.74) is 1.11. The molecule has 1 aliphatic heterocycles. The Morgan fingerprint density at radius 1 is 0.909 bits per heavy atom. The Hall–Kier alpha value is -4.87. The van der Waals surface area contributed by atoms with Crippen LogP contribution in [0.4, 0.5) is 13.9 Å². The molecule has 1 saturated heterocycles. The van der Waals surface area contributed by atoms with E-state index in [1.807, 2.05) is 18.2 Å². The molecule has 1 aromatic heterocycles. The van der Waals surface area contributed by atoms with E-state index >= 15 is 0 Å². The molecule has 1 unspecified atom stereocenters. The molecule has 0 radical (unpaired) electrons. The number of rotatable bonds is 8. The van der Waals surface area contributed by atoms with Gasteiger partial charge in [0, 0.05) is 11.3 Å². The van der Waals surface area contributed by atoms with Gasteiger partial charge in [-0.25, -0.2) is 8.78 Å². The van der Waals surface area contributed by atoms with Crippen molar-refractivity contribution in [2.24, 2.45) is 0 Å². The van der Waals surface area contributed by atoms with Crippen molar-refractivity contribution >= 4 is 45.7 Å². The van der Waals surface area contributed by atoms with Crippen molar-refractivity contribution in [3.8, 4) is 11.5 Å². The fourth-order valence-corrected chi connectivity index (χ4v) is 6.58. The highest BCUT2D eigenvalue weighted by Gasteiger charge is 2.48. The Balaban J connectivity index is 1.41. The molecule has 11 heteroatoms. The van der Waals surface area contributed by atoms with Gasteiger partial charge < -0.3 is 9.84 Å². The number of aryl methyl sites for hydroxylation is 1. The lowest BCUT2D eigenvalue weighted by Crippen LogP contribution is -2.29. The lowest BCUT2D eigenvalue weighted by molar-refractivity contribution is -0.132. The Morgan fingerprint density at radius 2 is 1.66 bits per heavy atom. The van der Waals surface area contributed by atoms with Crippen LogP contribution in [-0.4, -0.2) is 27.0 Å². The van der Waals surface area contributed by atoms with Gasteiger partial charge >= 0.3 is 5.91 Å². The van der Waals surface area contributed by atoms with Crippen LogP contribution >= 0.6 is 23.1 Å². The maximum Gasteiger partial charge on any atom is 0.301 e. The first kappa shape index (κ1) is 29.2. The number of Topliss-reactive ketones (excluding diaryl/α,β-unsaturated/α-hetero) is 1. The molecule has 5 aromatic rings. The summed E-state index contributed by atoms with van der Waals surface area (Å²) in [6, 6.07) is 25.2. The summed E-state index contributed by atoms with van der Waals surface area (Å²) in [4.78, 5) is 28.3. The smallest absolute Gasteiger partial charge is 0.301 e. The molecule has 1 atom stereocenters. The summed E-state index contributed by atoms with van der Waals surface area (Å²) in [6.07, 6.45) is 0. The van der Waals surface area contributed by atoms with Crippen LogP contribution in [0, 0.1) is 18.6 Å². The van der Waals surface area contributed by atoms with Crippen LogP contribution < -0.4 is 9.64 Å². The number of carbonyl (C=O) groups is 2. The first-order chi connectivity index (χ1) is 21.3. The van der Waals surface area contributed by atoms with Gasteiger partial charge in [0.2, 0.25) is 5.13 Å². The van der Waals surface area contributed by atoms with Gasteiger partial charge in [0.05, 0.1) is 11.6 Å². The topological polar surface area (TPSA) is 92.6 Å². The van der Waals surface area contributed by atoms with E-state index < -0.39 is 29.3 Å². The summed E-state index contributed by atoms with van der Waals surface area (Å²) < 4.78 is 35.1. The largest absolute Gasteiger partial charge is 0.507 e. The fourth-order valence-electron chi connectivity index (χ4n) is 4.73. The predicted molar refractivity (Wildman–Crippen MR) is 165 cm³/mol. The SMILES string of the molecule is Cc1ccc(C(O)=C2C(=O)C(=O)N(c3nnc(SCc4ccccc4F)s3)C2c2cccc(Oc3ccccc3)c2)cc1F. The third-order valence-corrected chi connectivity index (χ3v) is 9.06. The third kappa shape index (κ3) is 5.84. The van der Waals surface area contributed by atoms with E-state index in [-0.39, 0.29) is 27.8 Å². The van der Waals surface area contributed by atoms with Gasteiger partial charge in [0.25, 0.3) is 5.78 Å². The van der Waals surface area contributed by atoms with Gasteiger partial charge in [-0.1, -0.05) is 83.8 Å². The summed E-state index contributed by atoms with van der Waals surface area (Å²) in [7, 11) is 0. The molecule has 1 amide bonds. The van der Waals surface area contributed by atoms with E-state index in [0.717, 1.165) is 17.4 Å². The van der Waals surface area contributed by atoms with Crippen LogP contribution in [0.5, 0.6) is 11.5 Å². The van der Waals surface area contributed by atoms with Crippen LogP contribution in [-0.2, 0) is 15.3 Å². The average Bonchev–Trinajstić information content (AvgIpc) is 3.60. The minimum absolute atomic E-state index is 0.0474. The highest BCUT2D eigenvalue weighted by molar-refractivity contribution is 8.00. The fraction of sp³-hybridized carbons (Fsp3) is 0.0909. The van der Waals surface area contributed by atoms with Crippen LogP contribution in [0.15, 0.2) is 107 Å². The molecule has 0 bridgehead atoms. The van der Waals surface area contributed by atoms with Crippen LogP contribution in [0.25, 0.3) is 5.76 Å². The van der Waals surface area contributed by atoms with Gasteiger partial charge in [0.15, 0.2) is 4.34 Å². The molecule has 7 nitrogen and oxygen atoms in total. The van der Waals surface area contributed by atoms with Gasteiger partial charge in [-0.3, -0.25) is 14.5 Å². The number of benzene rings is 4. The number of thioether (sulfide) groups is 1. The van der Waals surface area contributed by atoms with Gasteiger partial charge in [0.1, 0.15) is 28.9 Å². The number of ketones is 1. The minimum atomic E-state index is -1.13.